The van der Waals surface area contributed by atoms with Crippen molar-refractivity contribution in [1.29, 1.82) is 0 Å². The lowest BCUT2D eigenvalue weighted by atomic mass is 9.98. The Hall–Kier alpha value is -1.19. The van der Waals surface area contributed by atoms with Crippen LogP contribution in [0.3, 0.4) is 0 Å². The number of Topliss-reactive ketones (excluding diaryl/α,β-unsaturated/α-hetero) is 1. The Morgan fingerprint density at radius 2 is 1.95 bits per heavy atom. The second-order valence-electron chi connectivity index (χ2n) is 5.22. The van der Waals surface area contributed by atoms with Crippen molar-refractivity contribution in [3.8, 4) is 0 Å². The van der Waals surface area contributed by atoms with Crippen LogP contribution in [0.2, 0.25) is 0 Å². The van der Waals surface area contributed by atoms with E-state index < -0.39 is 0 Å². The highest BCUT2D eigenvalue weighted by molar-refractivity contribution is 5.99. The van der Waals surface area contributed by atoms with E-state index >= 15 is 0 Å². The van der Waals surface area contributed by atoms with Gasteiger partial charge in [-0.2, -0.15) is 0 Å². The molecule has 1 atom stereocenters. The summed E-state index contributed by atoms with van der Waals surface area (Å²) in [6.45, 7) is 7.25. The number of nitrogens with one attached hydrogen (secondary N) is 1. The summed E-state index contributed by atoms with van der Waals surface area (Å²) in [5.74, 6) is 0.237. The Labute approximate surface area is 116 Å². The lowest BCUT2D eigenvalue weighted by Crippen LogP contribution is -2.49. The van der Waals surface area contributed by atoms with Gasteiger partial charge in [-0.05, 0) is 39.4 Å². The lowest BCUT2D eigenvalue weighted by molar-refractivity contribution is 0.0728. The minimum Gasteiger partial charge on any atom is -0.317 e. The number of nitrogens with zero attached hydrogens (tertiary/aromatic N) is 1. The fourth-order valence-electron chi connectivity index (χ4n) is 2.98. The van der Waals surface area contributed by atoms with Crippen LogP contribution in [0.25, 0.3) is 0 Å². The van der Waals surface area contributed by atoms with Gasteiger partial charge in [0.05, 0.1) is 6.04 Å². The summed E-state index contributed by atoms with van der Waals surface area (Å²) in [4.78, 5) is 14.9. The molecule has 1 unspecified atom stereocenters. The van der Waals surface area contributed by atoms with Gasteiger partial charge in [0.2, 0.25) is 0 Å². The summed E-state index contributed by atoms with van der Waals surface area (Å²) in [5.41, 5.74) is 0.822. The Bertz CT molecular complexity index is 398. The van der Waals surface area contributed by atoms with Crippen LogP contribution in [-0.2, 0) is 0 Å². The third-order valence-electron chi connectivity index (χ3n) is 4.08. The average Bonchev–Trinajstić information content (AvgIpc) is 2.49. The summed E-state index contributed by atoms with van der Waals surface area (Å²) >= 11 is 0. The van der Waals surface area contributed by atoms with Crippen molar-refractivity contribution >= 4 is 5.78 Å². The molecule has 0 saturated carbocycles. The van der Waals surface area contributed by atoms with Gasteiger partial charge in [0.15, 0.2) is 5.78 Å². The lowest BCUT2D eigenvalue weighted by Gasteiger charge is -2.37. The third-order valence-corrected chi connectivity index (χ3v) is 4.08. The van der Waals surface area contributed by atoms with Crippen molar-refractivity contribution in [2.45, 2.75) is 38.8 Å². The van der Waals surface area contributed by atoms with Crippen LogP contribution in [-0.4, -0.2) is 42.4 Å². The van der Waals surface area contributed by atoms with Crippen molar-refractivity contribution in [3.63, 3.8) is 0 Å². The molecule has 1 aromatic carbocycles. The van der Waals surface area contributed by atoms with Gasteiger partial charge in [0, 0.05) is 11.6 Å². The van der Waals surface area contributed by atoms with E-state index in [0.29, 0.717) is 6.04 Å². The first kappa shape index (κ1) is 14.2. The predicted octanol–water partition coefficient (Wildman–Crippen LogP) is 2.33. The molecule has 1 aromatic rings. The van der Waals surface area contributed by atoms with E-state index in [-0.39, 0.29) is 11.8 Å². The van der Waals surface area contributed by atoms with Crippen molar-refractivity contribution in [3.05, 3.63) is 35.9 Å². The Kier molecular flexibility index (Phi) is 5.11. The SMILES string of the molecule is CCN(C1CCNCC1)C(C)C(=O)c1ccccc1. The molecule has 3 nitrogen and oxygen atoms in total. The van der Waals surface area contributed by atoms with Crippen LogP contribution in [0.15, 0.2) is 30.3 Å². The van der Waals surface area contributed by atoms with Gasteiger partial charge in [-0.3, -0.25) is 9.69 Å². The Morgan fingerprint density at radius 3 is 2.53 bits per heavy atom. The number of piperidine rings is 1. The molecule has 1 aliphatic heterocycles. The first-order valence-corrected chi connectivity index (χ1v) is 7.29. The van der Waals surface area contributed by atoms with E-state index in [9.17, 15) is 4.79 Å². The van der Waals surface area contributed by atoms with Gasteiger partial charge < -0.3 is 5.32 Å². The van der Waals surface area contributed by atoms with Crippen molar-refractivity contribution in [1.82, 2.24) is 10.2 Å². The number of rotatable bonds is 5. The maximum absolute atomic E-state index is 12.5. The van der Waals surface area contributed by atoms with E-state index in [0.717, 1.165) is 38.0 Å². The first-order valence-electron chi connectivity index (χ1n) is 7.29. The van der Waals surface area contributed by atoms with Crippen LogP contribution in [0.5, 0.6) is 0 Å². The van der Waals surface area contributed by atoms with E-state index in [1.165, 1.54) is 0 Å². The van der Waals surface area contributed by atoms with Gasteiger partial charge in [0.1, 0.15) is 0 Å². The maximum Gasteiger partial charge on any atom is 0.179 e. The molecule has 104 valence electrons. The number of hydrogen-bond acceptors (Lipinski definition) is 3. The first-order chi connectivity index (χ1) is 9.24. The zero-order valence-electron chi connectivity index (χ0n) is 11.9. The molecule has 0 spiro atoms. The second-order valence-corrected chi connectivity index (χ2v) is 5.22. The summed E-state index contributed by atoms with van der Waals surface area (Å²) < 4.78 is 0. The van der Waals surface area contributed by atoms with Gasteiger partial charge in [-0.15, -0.1) is 0 Å². The monoisotopic (exact) mass is 260 g/mol. The van der Waals surface area contributed by atoms with E-state index in [4.69, 9.17) is 0 Å². The number of carbonyl (C=O) groups excluding carboxylic acids is 1. The third kappa shape index (κ3) is 3.43. The standard InChI is InChI=1S/C16H24N2O/c1-3-18(15-9-11-17-12-10-15)13(2)16(19)14-7-5-4-6-8-14/h4-8,13,15,17H,3,9-12H2,1-2H3. The highest BCUT2D eigenvalue weighted by Gasteiger charge is 2.28. The molecule has 1 aliphatic rings. The highest BCUT2D eigenvalue weighted by Crippen LogP contribution is 2.17. The van der Waals surface area contributed by atoms with Gasteiger partial charge in [-0.1, -0.05) is 37.3 Å². The second kappa shape index (κ2) is 6.83. The summed E-state index contributed by atoms with van der Waals surface area (Å²) in [5, 5.41) is 3.38. The fraction of sp³-hybridized carbons (Fsp3) is 0.562. The molecule has 3 heteroatoms. The fourth-order valence-corrected chi connectivity index (χ4v) is 2.98. The smallest absolute Gasteiger partial charge is 0.179 e. The van der Waals surface area contributed by atoms with Crippen LogP contribution in [0.4, 0.5) is 0 Å². The largest absolute Gasteiger partial charge is 0.317 e. The zero-order chi connectivity index (χ0) is 13.7. The number of hydrogen-bond donors (Lipinski definition) is 1. The predicted molar refractivity (Wildman–Crippen MR) is 78.5 cm³/mol. The van der Waals surface area contributed by atoms with E-state index in [1.807, 2.05) is 37.3 Å². The van der Waals surface area contributed by atoms with E-state index in [1.54, 1.807) is 0 Å². The number of ketones is 1. The normalized spacial score (nSPS) is 18.5. The molecule has 0 radical (unpaired) electrons. The van der Waals surface area contributed by atoms with E-state index in [2.05, 4.69) is 17.1 Å². The van der Waals surface area contributed by atoms with Crippen LogP contribution in [0.1, 0.15) is 37.0 Å². The quantitative estimate of drug-likeness (QED) is 0.825. The van der Waals surface area contributed by atoms with Gasteiger partial charge >= 0.3 is 0 Å². The molecule has 1 N–H and O–H groups in total. The molecule has 0 bridgehead atoms. The minimum atomic E-state index is -0.0319. The van der Waals surface area contributed by atoms with Crippen LogP contribution in [0, 0.1) is 0 Å². The van der Waals surface area contributed by atoms with Crippen molar-refractivity contribution in [2.75, 3.05) is 19.6 Å². The van der Waals surface area contributed by atoms with Gasteiger partial charge in [0.25, 0.3) is 0 Å². The molecule has 1 heterocycles. The topological polar surface area (TPSA) is 32.3 Å². The molecular weight excluding hydrogens is 236 g/mol. The number of likely N-dealkylation sites (N-methyl/N-ethyl adjacent to an activating group) is 1. The van der Waals surface area contributed by atoms with Crippen molar-refractivity contribution < 1.29 is 4.79 Å². The molecule has 2 rings (SSSR count). The van der Waals surface area contributed by atoms with Crippen LogP contribution < -0.4 is 5.32 Å². The van der Waals surface area contributed by atoms with Crippen molar-refractivity contribution in [2.24, 2.45) is 0 Å². The Balaban J connectivity index is 2.07. The minimum absolute atomic E-state index is 0.0319. The zero-order valence-corrected chi connectivity index (χ0v) is 11.9. The van der Waals surface area contributed by atoms with Gasteiger partial charge in [-0.25, -0.2) is 0 Å². The summed E-state index contributed by atoms with van der Waals surface area (Å²) in [6.07, 6.45) is 2.28. The molecule has 0 aromatic heterocycles. The number of carbonyl (C=O) groups is 1. The molecule has 19 heavy (non-hydrogen) atoms. The van der Waals surface area contributed by atoms with Crippen LogP contribution >= 0.6 is 0 Å². The average molecular weight is 260 g/mol. The molecule has 1 fully saturated rings. The molecule has 0 aliphatic carbocycles. The number of benzene rings is 1. The molecule has 0 amide bonds. The maximum atomic E-state index is 12.5. The highest BCUT2D eigenvalue weighted by atomic mass is 16.1. The summed E-state index contributed by atoms with van der Waals surface area (Å²) in [6, 6.07) is 10.1. The Morgan fingerprint density at radius 1 is 1.32 bits per heavy atom. The molecular formula is C16H24N2O. The molecule has 1 saturated heterocycles. The summed E-state index contributed by atoms with van der Waals surface area (Å²) in [7, 11) is 0.